The molecule has 1 saturated heterocycles. The molecule has 1 atom stereocenters. The molecule has 2 heterocycles. The number of hydrogen-bond acceptors (Lipinski definition) is 4. The number of thiophene rings is 1. The second-order valence-electron chi connectivity index (χ2n) is 8.17. The SMILES string of the molecule is CCNC(=NCC(C)(O)c1ccsc1)NCC1CCN(Cc2ccccc2F)CC1. The van der Waals surface area contributed by atoms with Crippen LogP contribution in [-0.2, 0) is 12.1 Å². The van der Waals surface area contributed by atoms with Crippen LogP contribution in [-0.4, -0.2) is 48.7 Å². The first-order valence-corrected chi connectivity index (χ1v) is 11.6. The molecular formula is C23H33FN4OS. The highest BCUT2D eigenvalue weighted by molar-refractivity contribution is 7.08. The molecule has 3 N–H and O–H groups in total. The van der Waals surface area contributed by atoms with E-state index in [9.17, 15) is 9.50 Å². The first-order valence-electron chi connectivity index (χ1n) is 10.7. The average molecular weight is 433 g/mol. The second-order valence-corrected chi connectivity index (χ2v) is 8.95. The molecule has 0 bridgehead atoms. The Bertz CT molecular complexity index is 801. The minimum absolute atomic E-state index is 0.119. The van der Waals surface area contributed by atoms with E-state index in [0.29, 0.717) is 19.0 Å². The van der Waals surface area contributed by atoms with Gasteiger partial charge in [0, 0.05) is 25.2 Å². The Labute approximate surface area is 183 Å². The van der Waals surface area contributed by atoms with Crippen LogP contribution in [0.15, 0.2) is 46.1 Å². The van der Waals surface area contributed by atoms with Crippen molar-refractivity contribution in [3.63, 3.8) is 0 Å². The third-order valence-corrected chi connectivity index (χ3v) is 6.33. The van der Waals surface area contributed by atoms with Crippen LogP contribution in [0.2, 0.25) is 0 Å². The molecule has 164 valence electrons. The Kier molecular flexibility index (Phi) is 8.24. The van der Waals surface area contributed by atoms with Crippen molar-refractivity contribution in [3.8, 4) is 0 Å². The zero-order valence-electron chi connectivity index (χ0n) is 17.9. The van der Waals surface area contributed by atoms with Gasteiger partial charge in [-0.2, -0.15) is 11.3 Å². The van der Waals surface area contributed by atoms with E-state index < -0.39 is 5.60 Å². The lowest BCUT2D eigenvalue weighted by molar-refractivity contribution is 0.0677. The van der Waals surface area contributed by atoms with Crippen molar-refractivity contribution in [2.24, 2.45) is 10.9 Å². The maximum Gasteiger partial charge on any atom is 0.191 e. The van der Waals surface area contributed by atoms with Crippen LogP contribution in [0.5, 0.6) is 0 Å². The molecule has 0 spiro atoms. The highest BCUT2D eigenvalue weighted by Gasteiger charge is 2.24. The number of benzene rings is 1. The number of aliphatic hydroxyl groups is 1. The minimum atomic E-state index is -0.972. The van der Waals surface area contributed by atoms with Crippen molar-refractivity contribution in [2.45, 2.75) is 38.8 Å². The van der Waals surface area contributed by atoms with Crippen LogP contribution in [0, 0.1) is 11.7 Å². The lowest BCUT2D eigenvalue weighted by Gasteiger charge is -2.32. The topological polar surface area (TPSA) is 59.9 Å². The summed E-state index contributed by atoms with van der Waals surface area (Å²) in [4.78, 5) is 6.93. The summed E-state index contributed by atoms with van der Waals surface area (Å²) in [5.41, 5.74) is 0.697. The summed E-state index contributed by atoms with van der Waals surface area (Å²) in [5, 5.41) is 21.3. The summed E-state index contributed by atoms with van der Waals surface area (Å²) in [6.07, 6.45) is 2.15. The van der Waals surface area contributed by atoms with Crippen LogP contribution in [0.1, 0.15) is 37.8 Å². The summed E-state index contributed by atoms with van der Waals surface area (Å²) >= 11 is 1.58. The van der Waals surface area contributed by atoms with E-state index in [1.807, 2.05) is 35.9 Å². The molecule has 0 radical (unpaired) electrons. The predicted molar refractivity (Wildman–Crippen MR) is 122 cm³/mol. The molecule has 30 heavy (non-hydrogen) atoms. The number of nitrogens with zero attached hydrogens (tertiary/aromatic N) is 2. The number of hydrogen-bond donors (Lipinski definition) is 3. The molecular weight excluding hydrogens is 399 g/mol. The summed E-state index contributed by atoms with van der Waals surface area (Å²) < 4.78 is 13.9. The van der Waals surface area contributed by atoms with Gasteiger partial charge in [0.05, 0.1) is 6.54 Å². The smallest absolute Gasteiger partial charge is 0.191 e. The number of guanidine groups is 1. The first-order chi connectivity index (χ1) is 14.5. The van der Waals surface area contributed by atoms with Gasteiger partial charge in [-0.05, 0) is 74.2 Å². The lowest BCUT2D eigenvalue weighted by Crippen LogP contribution is -2.43. The average Bonchev–Trinajstić information content (AvgIpc) is 3.29. The van der Waals surface area contributed by atoms with Gasteiger partial charge in [-0.3, -0.25) is 4.90 Å². The Morgan fingerprint density at radius 3 is 2.70 bits per heavy atom. The fraction of sp³-hybridized carbons (Fsp3) is 0.522. The van der Waals surface area contributed by atoms with Crippen LogP contribution in [0.25, 0.3) is 0 Å². The molecule has 5 nitrogen and oxygen atoms in total. The lowest BCUT2D eigenvalue weighted by atomic mass is 9.96. The first kappa shape index (κ1) is 22.7. The van der Waals surface area contributed by atoms with Crippen molar-refractivity contribution in [2.75, 3.05) is 32.7 Å². The fourth-order valence-electron chi connectivity index (χ4n) is 3.69. The monoisotopic (exact) mass is 432 g/mol. The van der Waals surface area contributed by atoms with Crippen molar-refractivity contribution in [1.29, 1.82) is 0 Å². The number of halogens is 1. The zero-order valence-corrected chi connectivity index (χ0v) is 18.7. The van der Waals surface area contributed by atoms with Crippen LogP contribution in [0.3, 0.4) is 0 Å². The highest BCUT2D eigenvalue weighted by atomic mass is 32.1. The number of nitrogens with one attached hydrogen (secondary N) is 2. The number of rotatable bonds is 8. The summed E-state index contributed by atoms with van der Waals surface area (Å²) in [6, 6.07) is 8.97. The number of aliphatic imine (C=N–C) groups is 1. The van der Waals surface area contributed by atoms with Gasteiger partial charge in [-0.25, -0.2) is 9.38 Å². The maximum atomic E-state index is 13.9. The van der Waals surface area contributed by atoms with Gasteiger partial charge in [0.1, 0.15) is 11.4 Å². The molecule has 1 aliphatic heterocycles. The van der Waals surface area contributed by atoms with Gasteiger partial charge in [-0.1, -0.05) is 18.2 Å². The van der Waals surface area contributed by atoms with Gasteiger partial charge in [0.2, 0.25) is 0 Å². The Morgan fingerprint density at radius 2 is 2.03 bits per heavy atom. The van der Waals surface area contributed by atoms with E-state index in [1.54, 1.807) is 24.3 Å². The maximum absolute atomic E-state index is 13.9. The van der Waals surface area contributed by atoms with Crippen molar-refractivity contribution >= 4 is 17.3 Å². The molecule has 1 aliphatic rings. The molecule has 1 aromatic carbocycles. The van der Waals surface area contributed by atoms with E-state index in [4.69, 9.17) is 0 Å². The second kappa shape index (κ2) is 10.9. The molecule has 0 amide bonds. The molecule has 7 heteroatoms. The van der Waals surface area contributed by atoms with Crippen LogP contribution < -0.4 is 10.6 Å². The van der Waals surface area contributed by atoms with Crippen LogP contribution >= 0.6 is 11.3 Å². The van der Waals surface area contributed by atoms with Gasteiger partial charge in [0.15, 0.2) is 5.96 Å². The summed E-state index contributed by atoms with van der Waals surface area (Å²) in [5.74, 6) is 1.18. The fourth-order valence-corrected chi connectivity index (χ4v) is 4.48. The Hall–Kier alpha value is -1.96. The third-order valence-electron chi connectivity index (χ3n) is 5.65. The quantitative estimate of drug-likeness (QED) is 0.441. The van der Waals surface area contributed by atoms with Gasteiger partial charge < -0.3 is 15.7 Å². The van der Waals surface area contributed by atoms with E-state index in [1.165, 1.54) is 6.07 Å². The molecule has 2 aromatic rings. The van der Waals surface area contributed by atoms with Crippen LogP contribution in [0.4, 0.5) is 4.39 Å². The molecule has 3 rings (SSSR count). The van der Waals surface area contributed by atoms with Gasteiger partial charge in [-0.15, -0.1) is 0 Å². The van der Waals surface area contributed by atoms with Gasteiger partial charge >= 0.3 is 0 Å². The standard InChI is InChI=1S/C23H33FN4OS/c1-3-25-22(27-17-23(2,29)20-10-13-30-16-20)26-14-18-8-11-28(12-9-18)15-19-6-4-5-7-21(19)24/h4-7,10,13,16,18,29H,3,8-9,11-12,14-15,17H2,1-2H3,(H2,25,26,27). The van der Waals surface area contributed by atoms with E-state index in [-0.39, 0.29) is 5.82 Å². The third kappa shape index (κ3) is 6.52. The van der Waals surface area contributed by atoms with E-state index in [2.05, 4.69) is 20.5 Å². The van der Waals surface area contributed by atoms with E-state index >= 15 is 0 Å². The van der Waals surface area contributed by atoms with Crippen molar-refractivity contribution in [3.05, 3.63) is 58.0 Å². The zero-order chi connectivity index (χ0) is 21.4. The van der Waals surface area contributed by atoms with Crippen molar-refractivity contribution < 1.29 is 9.50 Å². The van der Waals surface area contributed by atoms with Gasteiger partial charge in [0.25, 0.3) is 0 Å². The number of piperidine rings is 1. The molecule has 1 fully saturated rings. The Morgan fingerprint density at radius 1 is 1.27 bits per heavy atom. The molecule has 0 aliphatic carbocycles. The molecule has 0 saturated carbocycles. The number of likely N-dealkylation sites (tertiary alicyclic amines) is 1. The summed E-state index contributed by atoms with van der Waals surface area (Å²) in [6.45, 7) is 8.38. The molecule has 1 unspecified atom stereocenters. The van der Waals surface area contributed by atoms with E-state index in [0.717, 1.165) is 56.1 Å². The predicted octanol–water partition coefficient (Wildman–Crippen LogP) is 3.56. The minimum Gasteiger partial charge on any atom is -0.383 e. The largest absolute Gasteiger partial charge is 0.383 e. The summed E-state index contributed by atoms with van der Waals surface area (Å²) in [7, 11) is 0. The Balaban J connectivity index is 1.46. The molecule has 1 aromatic heterocycles. The normalized spacial score (nSPS) is 18.2. The highest BCUT2D eigenvalue weighted by Crippen LogP contribution is 2.23. The van der Waals surface area contributed by atoms with Crippen molar-refractivity contribution in [1.82, 2.24) is 15.5 Å².